The number of halogens is 2. The highest BCUT2D eigenvalue weighted by Crippen LogP contribution is 2.19. The summed E-state index contributed by atoms with van der Waals surface area (Å²) < 4.78 is 44.9. The van der Waals surface area contributed by atoms with Crippen LogP contribution < -0.4 is 9.46 Å². The maximum absolute atomic E-state index is 13.2. The van der Waals surface area contributed by atoms with Crippen LogP contribution in [0.4, 0.5) is 4.39 Å². The molecule has 0 unspecified atom stereocenters. The average molecular weight is 344 g/mol. The minimum absolute atomic E-state index is 0.0448. The first-order chi connectivity index (χ1) is 10.4. The van der Waals surface area contributed by atoms with Gasteiger partial charge >= 0.3 is 0 Å². The first kappa shape index (κ1) is 16.7. The van der Waals surface area contributed by atoms with E-state index < -0.39 is 15.8 Å². The molecule has 0 bridgehead atoms. The lowest BCUT2D eigenvalue weighted by molar-refractivity contribution is 0.407. The highest BCUT2D eigenvalue weighted by atomic mass is 35.5. The van der Waals surface area contributed by atoms with Crippen molar-refractivity contribution in [2.75, 3.05) is 7.11 Å². The normalized spacial score (nSPS) is 11.4. The molecule has 0 spiro atoms. The summed E-state index contributed by atoms with van der Waals surface area (Å²) in [7, 11) is -2.11. The molecule has 0 heterocycles. The first-order valence-electron chi connectivity index (χ1n) is 6.44. The third-order valence-electron chi connectivity index (χ3n) is 2.99. The van der Waals surface area contributed by atoms with Crippen LogP contribution in [0.15, 0.2) is 42.5 Å². The molecule has 0 aliphatic rings. The fraction of sp³-hybridized carbons (Fsp3) is 0.200. The van der Waals surface area contributed by atoms with Crippen molar-refractivity contribution >= 4 is 21.6 Å². The standard InChI is InChI=1S/C15H15ClFNO3S/c1-21-15-7-6-14(17)8-12(15)9-18-22(19,20)10-11-2-4-13(16)5-3-11/h2-8,18H,9-10H2,1H3. The monoisotopic (exact) mass is 343 g/mol. The lowest BCUT2D eigenvalue weighted by Gasteiger charge is -2.10. The van der Waals surface area contributed by atoms with Gasteiger partial charge in [-0.15, -0.1) is 0 Å². The molecule has 0 aliphatic carbocycles. The zero-order chi connectivity index (χ0) is 16.2. The minimum Gasteiger partial charge on any atom is -0.496 e. The maximum Gasteiger partial charge on any atom is 0.216 e. The predicted molar refractivity (Wildman–Crippen MR) is 83.9 cm³/mol. The van der Waals surface area contributed by atoms with Gasteiger partial charge in [0.05, 0.1) is 12.9 Å². The Hall–Kier alpha value is -1.63. The van der Waals surface area contributed by atoms with Crippen LogP contribution in [0.1, 0.15) is 11.1 Å². The van der Waals surface area contributed by atoms with Crippen molar-refractivity contribution in [3.63, 3.8) is 0 Å². The Labute approximate surface area is 133 Å². The number of rotatable bonds is 6. The molecule has 0 amide bonds. The zero-order valence-corrected chi connectivity index (χ0v) is 13.4. The van der Waals surface area contributed by atoms with Gasteiger partial charge in [-0.2, -0.15) is 0 Å². The second-order valence-electron chi connectivity index (χ2n) is 4.66. The molecule has 0 atom stereocenters. The fourth-order valence-electron chi connectivity index (χ4n) is 1.92. The minimum atomic E-state index is -3.55. The lowest BCUT2D eigenvalue weighted by Crippen LogP contribution is -2.25. The van der Waals surface area contributed by atoms with Crippen molar-refractivity contribution in [2.45, 2.75) is 12.3 Å². The lowest BCUT2D eigenvalue weighted by atomic mass is 10.2. The van der Waals surface area contributed by atoms with E-state index in [1.165, 1.54) is 25.3 Å². The van der Waals surface area contributed by atoms with Crippen molar-refractivity contribution < 1.29 is 17.5 Å². The van der Waals surface area contributed by atoms with Crippen molar-refractivity contribution in [3.05, 3.63) is 64.4 Å². The summed E-state index contributed by atoms with van der Waals surface area (Å²) in [6, 6.07) is 10.5. The fourth-order valence-corrected chi connectivity index (χ4v) is 3.16. The van der Waals surface area contributed by atoms with Crippen LogP contribution in [0, 0.1) is 5.82 Å². The van der Waals surface area contributed by atoms with Crippen molar-refractivity contribution in [2.24, 2.45) is 0 Å². The van der Waals surface area contributed by atoms with Crippen LogP contribution in [-0.2, 0) is 22.3 Å². The van der Waals surface area contributed by atoms with E-state index in [1.807, 2.05) is 0 Å². The molecule has 1 N–H and O–H groups in total. The Bertz CT molecular complexity index is 748. The molecule has 4 nitrogen and oxygen atoms in total. The van der Waals surface area contributed by atoms with Gasteiger partial charge in [-0.25, -0.2) is 17.5 Å². The van der Waals surface area contributed by atoms with Gasteiger partial charge in [0.25, 0.3) is 0 Å². The number of sulfonamides is 1. The SMILES string of the molecule is COc1ccc(F)cc1CNS(=O)(=O)Cc1ccc(Cl)cc1. The zero-order valence-electron chi connectivity index (χ0n) is 11.8. The number of nitrogens with one attached hydrogen (secondary N) is 1. The highest BCUT2D eigenvalue weighted by Gasteiger charge is 2.13. The summed E-state index contributed by atoms with van der Waals surface area (Å²) >= 11 is 5.76. The van der Waals surface area contributed by atoms with E-state index in [1.54, 1.807) is 24.3 Å². The van der Waals surface area contributed by atoms with Gasteiger partial charge in [-0.1, -0.05) is 23.7 Å². The summed E-state index contributed by atoms with van der Waals surface area (Å²) in [5.74, 6) is -0.203. The average Bonchev–Trinajstić information content (AvgIpc) is 2.48. The largest absolute Gasteiger partial charge is 0.496 e. The predicted octanol–water partition coefficient (Wildman–Crippen LogP) is 3.11. The second-order valence-corrected chi connectivity index (χ2v) is 6.91. The van der Waals surface area contributed by atoms with Gasteiger partial charge in [0.15, 0.2) is 0 Å². The Morgan fingerprint density at radius 3 is 2.50 bits per heavy atom. The molecule has 0 aliphatic heterocycles. The molecule has 22 heavy (non-hydrogen) atoms. The Morgan fingerprint density at radius 1 is 1.18 bits per heavy atom. The van der Waals surface area contributed by atoms with Gasteiger partial charge in [-0.3, -0.25) is 0 Å². The number of ether oxygens (including phenoxy) is 1. The molecule has 2 rings (SSSR count). The first-order valence-corrected chi connectivity index (χ1v) is 8.47. The van der Waals surface area contributed by atoms with Crippen LogP contribution in [0.2, 0.25) is 5.02 Å². The highest BCUT2D eigenvalue weighted by molar-refractivity contribution is 7.88. The summed E-state index contributed by atoms with van der Waals surface area (Å²) in [5, 5.41) is 0.540. The van der Waals surface area contributed by atoms with Gasteiger partial charge in [-0.05, 0) is 35.9 Å². The Balaban J connectivity index is 2.06. The van der Waals surface area contributed by atoms with Crippen molar-refractivity contribution in [3.8, 4) is 5.75 Å². The van der Waals surface area contributed by atoms with Gasteiger partial charge in [0.2, 0.25) is 10.0 Å². The molecule has 0 aromatic heterocycles. The van der Waals surface area contributed by atoms with E-state index >= 15 is 0 Å². The van der Waals surface area contributed by atoms with Crippen LogP contribution in [0.25, 0.3) is 0 Å². The van der Waals surface area contributed by atoms with Gasteiger partial charge in [0, 0.05) is 17.1 Å². The molecule has 2 aromatic carbocycles. The summed E-state index contributed by atoms with van der Waals surface area (Å²) in [6.07, 6.45) is 0. The van der Waals surface area contributed by atoms with Crippen LogP contribution >= 0.6 is 11.6 Å². The molecule has 7 heteroatoms. The second kappa shape index (κ2) is 7.09. The number of hydrogen-bond donors (Lipinski definition) is 1. The molecule has 118 valence electrons. The van der Waals surface area contributed by atoms with Gasteiger partial charge in [0.1, 0.15) is 11.6 Å². The van der Waals surface area contributed by atoms with E-state index in [0.717, 1.165) is 0 Å². The Morgan fingerprint density at radius 2 is 1.86 bits per heavy atom. The number of methoxy groups -OCH3 is 1. The molecule has 2 aromatic rings. The van der Waals surface area contributed by atoms with E-state index in [-0.39, 0.29) is 12.3 Å². The van der Waals surface area contributed by atoms with Crippen LogP contribution in [0.3, 0.4) is 0 Å². The summed E-state index contributed by atoms with van der Waals surface area (Å²) in [4.78, 5) is 0. The molecule has 0 radical (unpaired) electrons. The smallest absolute Gasteiger partial charge is 0.216 e. The van der Waals surface area contributed by atoms with E-state index in [2.05, 4.69) is 4.72 Å². The number of hydrogen-bond acceptors (Lipinski definition) is 3. The summed E-state index contributed by atoms with van der Waals surface area (Å²) in [5.41, 5.74) is 1.05. The van der Waals surface area contributed by atoms with Crippen LogP contribution in [0.5, 0.6) is 5.75 Å². The van der Waals surface area contributed by atoms with Gasteiger partial charge < -0.3 is 4.74 Å². The Kier molecular flexibility index (Phi) is 5.39. The van der Waals surface area contributed by atoms with Crippen molar-refractivity contribution in [1.29, 1.82) is 0 Å². The number of benzene rings is 2. The van der Waals surface area contributed by atoms with E-state index in [9.17, 15) is 12.8 Å². The molecular weight excluding hydrogens is 329 g/mol. The third kappa shape index (κ3) is 4.69. The quantitative estimate of drug-likeness (QED) is 0.876. The molecule has 0 saturated heterocycles. The van der Waals surface area contributed by atoms with E-state index in [0.29, 0.717) is 21.9 Å². The summed E-state index contributed by atoms with van der Waals surface area (Å²) in [6.45, 7) is -0.0448. The third-order valence-corrected chi connectivity index (χ3v) is 4.54. The molecule has 0 saturated carbocycles. The molecule has 0 fully saturated rings. The van der Waals surface area contributed by atoms with Crippen LogP contribution in [-0.4, -0.2) is 15.5 Å². The maximum atomic E-state index is 13.2. The van der Waals surface area contributed by atoms with E-state index in [4.69, 9.17) is 16.3 Å². The topological polar surface area (TPSA) is 55.4 Å². The molecular formula is C15H15ClFNO3S. The van der Waals surface area contributed by atoms with Crippen molar-refractivity contribution in [1.82, 2.24) is 4.72 Å².